The van der Waals surface area contributed by atoms with Crippen molar-refractivity contribution in [3.8, 4) is 11.4 Å². The van der Waals surface area contributed by atoms with Crippen LogP contribution in [0.3, 0.4) is 0 Å². The molecule has 1 atom stereocenters. The van der Waals surface area contributed by atoms with E-state index in [4.69, 9.17) is 9.63 Å². The predicted octanol–water partition coefficient (Wildman–Crippen LogP) is 2.14. The van der Waals surface area contributed by atoms with E-state index in [0.717, 1.165) is 5.56 Å². The van der Waals surface area contributed by atoms with Gasteiger partial charge in [0.05, 0.1) is 6.54 Å². The molecule has 0 aliphatic rings. The molecule has 7 heteroatoms. The number of hydrogen-bond acceptors (Lipinski definition) is 6. The molecule has 0 fully saturated rings. The maximum absolute atomic E-state index is 11.1. The summed E-state index contributed by atoms with van der Waals surface area (Å²) in [7, 11) is 0. The summed E-state index contributed by atoms with van der Waals surface area (Å²) in [5, 5.41) is 19.8. The summed E-state index contributed by atoms with van der Waals surface area (Å²) in [6, 6.07) is 1.90. The van der Waals surface area contributed by atoms with Gasteiger partial charge in [-0.1, -0.05) is 12.1 Å². The van der Waals surface area contributed by atoms with Crippen LogP contribution in [0.2, 0.25) is 0 Å². The number of aliphatic carboxylic acids is 1. The van der Waals surface area contributed by atoms with Gasteiger partial charge in [-0.05, 0) is 24.8 Å². The van der Waals surface area contributed by atoms with Crippen LogP contribution in [0.4, 0.5) is 0 Å². The van der Waals surface area contributed by atoms with Crippen molar-refractivity contribution < 1.29 is 14.4 Å². The largest absolute Gasteiger partial charge is 0.480 e. The van der Waals surface area contributed by atoms with Gasteiger partial charge in [0.15, 0.2) is 0 Å². The van der Waals surface area contributed by atoms with Crippen molar-refractivity contribution in [3.63, 3.8) is 0 Å². The minimum Gasteiger partial charge on any atom is -0.480 e. The van der Waals surface area contributed by atoms with Gasteiger partial charge in [-0.2, -0.15) is 16.3 Å². The van der Waals surface area contributed by atoms with E-state index in [1.54, 1.807) is 18.3 Å². The Morgan fingerprint density at radius 3 is 3.00 bits per heavy atom. The average Bonchev–Trinajstić information content (AvgIpc) is 3.05. The highest BCUT2D eigenvalue weighted by molar-refractivity contribution is 7.08. The molecule has 2 rings (SSSR count). The van der Waals surface area contributed by atoms with Crippen molar-refractivity contribution in [3.05, 3.63) is 22.7 Å². The summed E-state index contributed by atoms with van der Waals surface area (Å²) in [6.07, 6.45) is 0.466. The van der Waals surface area contributed by atoms with Gasteiger partial charge in [0, 0.05) is 10.9 Å². The first-order valence-corrected chi connectivity index (χ1v) is 6.83. The molecule has 19 heavy (non-hydrogen) atoms. The van der Waals surface area contributed by atoms with E-state index in [1.807, 2.05) is 23.8 Å². The zero-order valence-corrected chi connectivity index (χ0v) is 11.5. The maximum atomic E-state index is 11.1. The number of aromatic nitrogens is 2. The molecule has 0 aromatic carbocycles. The van der Waals surface area contributed by atoms with Gasteiger partial charge >= 0.3 is 5.97 Å². The number of thiophene rings is 1. The van der Waals surface area contributed by atoms with Gasteiger partial charge in [-0.25, -0.2) is 0 Å². The van der Waals surface area contributed by atoms with Crippen LogP contribution in [-0.4, -0.2) is 26.8 Å². The molecule has 102 valence electrons. The lowest BCUT2D eigenvalue weighted by Crippen LogP contribution is -2.48. The summed E-state index contributed by atoms with van der Waals surface area (Å²) in [5.41, 5.74) is -0.0895. The Balaban J connectivity index is 2.03. The third kappa shape index (κ3) is 2.99. The van der Waals surface area contributed by atoms with Crippen LogP contribution in [-0.2, 0) is 11.3 Å². The SMILES string of the molecule is CCC(C)(NCc1nc(-c2ccsc2)no1)C(=O)O. The number of nitrogens with one attached hydrogen (secondary N) is 1. The third-order valence-corrected chi connectivity index (χ3v) is 3.74. The monoisotopic (exact) mass is 281 g/mol. The molecule has 0 radical (unpaired) electrons. The summed E-state index contributed by atoms with van der Waals surface area (Å²) in [4.78, 5) is 15.4. The highest BCUT2D eigenvalue weighted by atomic mass is 32.1. The molecule has 0 aliphatic heterocycles. The van der Waals surface area contributed by atoms with Crippen LogP contribution in [0.5, 0.6) is 0 Å². The van der Waals surface area contributed by atoms with E-state index in [-0.39, 0.29) is 6.54 Å². The smallest absolute Gasteiger partial charge is 0.323 e. The number of carbonyl (C=O) groups is 1. The standard InChI is InChI=1S/C12H15N3O3S/c1-3-12(2,11(16)17)13-6-9-14-10(15-18-9)8-4-5-19-7-8/h4-5,7,13H,3,6H2,1-2H3,(H,16,17). The molecule has 0 spiro atoms. The van der Waals surface area contributed by atoms with Gasteiger partial charge in [0.1, 0.15) is 5.54 Å². The van der Waals surface area contributed by atoms with Crippen LogP contribution >= 0.6 is 11.3 Å². The zero-order valence-electron chi connectivity index (χ0n) is 10.7. The molecule has 6 nitrogen and oxygen atoms in total. The molecule has 0 bridgehead atoms. The van der Waals surface area contributed by atoms with E-state index in [0.29, 0.717) is 18.1 Å². The van der Waals surface area contributed by atoms with Gasteiger partial charge in [-0.15, -0.1) is 0 Å². The molecular weight excluding hydrogens is 266 g/mol. The first-order chi connectivity index (χ1) is 9.05. The number of hydrogen-bond donors (Lipinski definition) is 2. The second kappa shape index (κ2) is 5.50. The molecule has 0 saturated carbocycles. The number of carboxylic acid groups (broad SMARTS) is 1. The van der Waals surface area contributed by atoms with Gasteiger partial charge in [0.25, 0.3) is 0 Å². The highest BCUT2D eigenvalue weighted by Gasteiger charge is 2.30. The lowest BCUT2D eigenvalue weighted by Gasteiger charge is -2.23. The number of rotatable bonds is 6. The summed E-state index contributed by atoms with van der Waals surface area (Å²) in [6.45, 7) is 3.67. The van der Waals surface area contributed by atoms with Gasteiger partial charge in [-0.3, -0.25) is 10.1 Å². The van der Waals surface area contributed by atoms with Crippen molar-refractivity contribution in [2.75, 3.05) is 0 Å². The normalized spacial score (nSPS) is 14.2. The minimum absolute atomic E-state index is 0.230. The van der Waals surface area contributed by atoms with E-state index in [2.05, 4.69) is 15.5 Å². The molecule has 2 N–H and O–H groups in total. The quantitative estimate of drug-likeness (QED) is 0.843. The second-order valence-corrected chi connectivity index (χ2v) is 5.15. The zero-order chi connectivity index (χ0) is 13.9. The Morgan fingerprint density at radius 2 is 2.42 bits per heavy atom. The Morgan fingerprint density at radius 1 is 1.63 bits per heavy atom. The molecule has 0 aliphatic carbocycles. The number of carboxylic acids is 1. The first-order valence-electron chi connectivity index (χ1n) is 5.89. The van der Waals surface area contributed by atoms with Crippen molar-refractivity contribution in [1.29, 1.82) is 0 Å². The van der Waals surface area contributed by atoms with Crippen molar-refractivity contribution in [1.82, 2.24) is 15.5 Å². The fraction of sp³-hybridized carbons (Fsp3) is 0.417. The Bertz CT molecular complexity index is 552. The van der Waals surface area contributed by atoms with Crippen molar-refractivity contribution >= 4 is 17.3 Å². The Kier molecular flexibility index (Phi) is 3.96. The molecule has 2 heterocycles. The summed E-state index contributed by atoms with van der Waals surface area (Å²) in [5.74, 6) is 0.00118. The Labute approximate surface area is 114 Å². The molecule has 0 amide bonds. The molecule has 2 aromatic heterocycles. The molecule has 1 unspecified atom stereocenters. The van der Waals surface area contributed by atoms with Gasteiger partial charge < -0.3 is 9.63 Å². The first kappa shape index (κ1) is 13.7. The van der Waals surface area contributed by atoms with Crippen LogP contribution in [0, 0.1) is 0 Å². The van der Waals surface area contributed by atoms with E-state index < -0.39 is 11.5 Å². The fourth-order valence-corrected chi connectivity index (χ4v) is 2.09. The van der Waals surface area contributed by atoms with Crippen LogP contribution in [0.1, 0.15) is 26.2 Å². The van der Waals surface area contributed by atoms with E-state index >= 15 is 0 Å². The van der Waals surface area contributed by atoms with Crippen LogP contribution in [0.15, 0.2) is 21.3 Å². The highest BCUT2D eigenvalue weighted by Crippen LogP contribution is 2.19. The van der Waals surface area contributed by atoms with Crippen molar-refractivity contribution in [2.45, 2.75) is 32.4 Å². The summed E-state index contributed by atoms with van der Waals surface area (Å²) >= 11 is 1.55. The van der Waals surface area contributed by atoms with E-state index in [9.17, 15) is 4.79 Å². The third-order valence-electron chi connectivity index (χ3n) is 3.06. The molecular formula is C12H15N3O3S. The summed E-state index contributed by atoms with van der Waals surface area (Å²) < 4.78 is 5.10. The Hall–Kier alpha value is -1.73. The number of nitrogens with zero attached hydrogens (tertiary/aromatic N) is 2. The molecule has 0 saturated heterocycles. The van der Waals surface area contributed by atoms with Crippen LogP contribution < -0.4 is 5.32 Å². The predicted molar refractivity (Wildman–Crippen MR) is 70.8 cm³/mol. The lowest BCUT2D eigenvalue weighted by atomic mass is 9.99. The fourth-order valence-electron chi connectivity index (χ4n) is 1.46. The van der Waals surface area contributed by atoms with Crippen molar-refractivity contribution in [2.24, 2.45) is 0 Å². The topological polar surface area (TPSA) is 88.3 Å². The van der Waals surface area contributed by atoms with Crippen LogP contribution in [0.25, 0.3) is 11.4 Å². The maximum Gasteiger partial charge on any atom is 0.323 e. The van der Waals surface area contributed by atoms with E-state index in [1.165, 1.54) is 0 Å². The average molecular weight is 281 g/mol. The molecule has 2 aromatic rings. The minimum atomic E-state index is -0.989. The lowest BCUT2D eigenvalue weighted by molar-refractivity contribution is -0.144. The van der Waals surface area contributed by atoms with Gasteiger partial charge in [0.2, 0.25) is 11.7 Å². The second-order valence-electron chi connectivity index (χ2n) is 4.37.